The number of hydrogen-bond donors (Lipinski definition) is 2. The van der Waals surface area contributed by atoms with Gasteiger partial charge < -0.3 is 10.4 Å². The van der Waals surface area contributed by atoms with Crippen LogP contribution in [-0.4, -0.2) is 27.2 Å². The molecular formula is C16H23N3OS. The number of rotatable bonds is 3. The van der Waals surface area contributed by atoms with E-state index in [1.807, 2.05) is 0 Å². The van der Waals surface area contributed by atoms with E-state index in [1.54, 1.807) is 17.7 Å². The van der Waals surface area contributed by atoms with Crippen LogP contribution in [0.15, 0.2) is 6.33 Å². The second-order valence-corrected chi connectivity index (χ2v) is 7.67. The van der Waals surface area contributed by atoms with Gasteiger partial charge in [-0.15, -0.1) is 11.3 Å². The number of aromatic nitrogens is 2. The highest BCUT2D eigenvalue weighted by Crippen LogP contribution is 2.35. The minimum atomic E-state index is -0.603. The summed E-state index contributed by atoms with van der Waals surface area (Å²) in [5, 5.41) is 15.2. The molecule has 0 saturated heterocycles. The molecule has 1 aliphatic carbocycles. The summed E-state index contributed by atoms with van der Waals surface area (Å²) in [7, 11) is 0. The molecular weight excluding hydrogens is 282 g/mol. The van der Waals surface area contributed by atoms with E-state index in [2.05, 4.69) is 36.1 Å². The number of aliphatic hydroxyl groups is 1. The Bertz CT molecular complexity index is 654. The van der Waals surface area contributed by atoms with Crippen molar-refractivity contribution in [2.24, 2.45) is 5.92 Å². The molecule has 5 heteroatoms. The number of hydrogen-bond acceptors (Lipinski definition) is 5. The molecule has 0 bridgehead atoms. The van der Waals surface area contributed by atoms with Crippen LogP contribution in [0.1, 0.15) is 43.0 Å². The Balaban J connectivity index is 1.82. The number of anilines is 1. The van der Waals surface area contributed by atoms with Gasteiger partial charge in [-0.25, -0.2) is 9.97 Å². The topological polar surface area (TPSA) is 58.0 Å². The number of thiophene rings is 1. The molecule has 0 aromatic carbocycles. The Morgan fingerprint density at radius 2 is 2.24 bits per heavy atom. The zero-order chi connectivity index (χ0) is 15.0. The maximum atomic E-state index is 10.7. The van der Waals surface area contributed by atoms with E-state index in [0.29, 0.717) is 12.5 Å². The van der Waals surface area contributed by atoms with Crippen LogP contribution in [0.3, 0.4) is 0 Å². The minimum absolute atomic E-state index is 0.567. The standard InChI is InChI=1S/C16H23N3OS/c1-10-5-4-6-16(20,7-10)8-17-14-13-11(2)12(3)21-15(13)19-9-18-14/h9-10,20H,4-8H2,1-3H3,(H,17,18,19). The molecule has 2 aromatic heterocycles. The zero-order valence-electron chi connectivity index (χ0n) is 12.9. The van der Waals surface area contributed by atoms with Crippen LogP contribution in [0.2, 0.25) is 0 Å². The largest absolute Gasteiger partial charge is 0.388 e. The molecule has 2 unspecified atom stereocenters. The number of nitrogens with one attached hydrogen (secondary N) is 1. The van der Waals surface area contributed by atoms with Crippen LogP contribution in [0.25, 0.3) is 10.2 Å². The van der Waals surface area contributed by atoms with Crippen molar-refractivity contribution in [2.45, 2.75) is 52.1 Å². The fourth-order valence-corrected chi connectivity index (χ4v) is 4.35. The van der Waals surface area contributed by atoms with Gasteiger partial charge in [0.05, 0.1) is 11.0 Å². The lowest BCUT2D eigenvalue weighted by atomic mass is 9.79. The summed E-state index contributed by atoms with van der Waals surface area (Å²) in [4.78, 5) is 11.0. The van der Waals surface area contributed by atoms with Gasteiger partial charge in [0.15, 0.2) is 0 Å². The molecule has 2 aromatic rings. The van der Waals surface area contributed by atoms with Crippen LogP contribution >= 0.6 is 11.3 Å². The third kappa shape index (κ3) is 2.90. The van der Waals surface area contributed by atoms with Crippen molar-refractivity contribution < 1.29 is 5.11 Å². The molecule has 2 heterocycles. The fourth-order valence-electron chi connectivity index (χ4n) is 3.36. The molecule has 2 atom stereocenters. The Morgan fingerprint density at radius 3 is 3.00 bits per heavy atom. The smallest absolute Gasteiger partial charge is 0.138 e. The Hall–Kier alpha value is -1.20. The average Bonchev–Trinajstić information content (AvgIpc) is 2.72. The van der Waals surface area contributed by atoms with E-state index < -0.39 is 5.60 Å². The van der Waals surface area contributed by atoms with Crippen molar-refractivity contribution in [3.05, 3.63) is 16.8 Å². The predicted octanol–water partition coefficient (Wildman–Crippen LogP) is 3.66. The second kappa shape index (κ2) is 5.54. The highest BCUT2D eigenvalue weighted by atomic mass is 32.1. The normalized spacial score (nSPS) is 26.2. The number of aryl methyl sites for hydroxylation is 2. The van der Waals surface area contributed by atoms with Crippen molar-refractivity contribution in [3.63, 3.8) is 0 Å². The fraction of sp³-hybridized carbons (Fsp3) is 0.625. The van der Waals surface area contributed by atoms with Gasteiger partial charge in [0, 0.05) is 11.4 Å². The van der Waals surface area contributed by atoms with Gasteiger partial charge in [-0.3, -0.25) is 0 Å². The average molecular weight is 305 g/mol. The van der Waals surface area contributed by atoms with Gasteiger partial charge in [0.25, 0.3) is 0 Å². The zero-order valence-corrected chi connectivity index (χ0v) is 13.8. The number of fused-ring (bicyclic) bond motifs is 1. The maximum Gasteiger partial charge on any atom is 0.138 e. The van der Waals surface area contributed by atoms with Crippen molar-refractivity contribution in [1.82, 2.24) is 9.97 Å². The maximum absolute atomic E-state index is 10.7. The first-order chi connectivity index (χ1) is 9.98. The first kappa shape index (κ1) is 14.7. The van der Waals surface area contributed by atoms with Crippen molar-refractivity contribution in [2.75, 3.05) is 11.9 Å². The molecule has 1 fully saturated rings. The molecule has 21 heavy (non-hydrogen) atoms. The van der Waals surface area contributed by atoms with Crippen LogP contribution in [-0.2, 0) is 0 Å². The molecule has 1 saturated carbocycles. The van der Waals surface area contributed by atoms with Gasteiger partial charge in [-0.2, -0.15) is 0 Å². The second-order valence-electron chi connectivity index (χ2n) is 6.47. The monoisotopic (exact) mass is 305 g/mol. The summed E-state index contributed by atoms with van der Waals surface area (Å²) in [6.45, 7) is 7.01. The minimum Gasteiger partial charge on any atom is -0.388 e. The molecule has 3 rings (SSSR count). The highest BCUT2D eigenvalue weighted by Gasteiger charge is 2.32. The first-order valence-corrected chi connectivity index (χ1v) is 8.47. The van der Waals surface area contributed by atoms with E-state index in [-0.39, 0.29) is 0 Å². The SMILES string of the molecule is Cc1sc2ncnc(NCC3(O)CCCC(C)C3)c2c1C. The van der Waals surface area contributed by atoms with E-state index >= 15 is 0 Å². The Morgan fingerprint density at radius 1 is 1.43 bits per heavy atom. The molecule has 4 nitrogen and oxygen atoms in total. The van der Waals surface area contributed by atoms with Gasteiger partial charge in [-0.05, 0) is 38.2 Å². The summed E-state index contributed by atoms with van der Waals surface area (Å²) in [6.07, 6.45) is 5.68. The summed E-state index contributed by atoms with van der Waals surface area (Å²) < 4.78 is 0. The Kier molecular flexibility index (Phi) is 3.88. The van der Waals surface area contributed by atoms with Crippen LogP contribution in [0.5, 0.6) is 0 Å². The van der Waals surface area contributed by atoms with E-state index in [1.165, 1.54) is 16.9 Å². The van der Waals surface area contributed by atoms with Crippen LogP contribution in [0.4, 0.5) is 5.82 Å². The molecule has 0 aliphatic heterocycles. The quantitative estimate of drug-likeness (QED) is 0.908. The summed E-state index contributed by atoms with van der Waals surface area (Å²) in [6, 6.07) is 0. The summed E-state index contributed by atoms with van der Waals surface area (Å²) in [5.74, 6) is 1.45. The van der Waals surface area contributed by atoms with Gasteiger partial charge in [0.1, 0.15) is 17.0 Å². The van der Waals surface area contributed by atoms with Gasteiger partial charge in [-0.1, -0.05) is 19.8 Å². The van der Waals surface area contributed by atoms with Gasteiger partial charge >= 0.3 is 0 Å². The lowest BCUT2D eigenvalue weighted by Crippen LogP contribution is -2.41. The van der Waals surface area contributed by atoms with E-state index in [0.717, 1.165) is 35.3 Å². The summed E-state index contributed by atoms with van der Waals surface area (Å²) >= 11 is 1.70. The van der Waals surface area contributed by atoms with Crippen LogP contribution in [0, 0.1) is 19.8 Å². The Labute approximate surface area is 129 Å². The predicted molar refractivity (Wildman–Crippen MR) is 88.0 cm³/mol. The summed E-state index contributed by atoms with van der Waals surface area (Å²) in [5.41, 5.74) is 0.635. The lowest BCUT2D eigenvalue weighted by molar-refractivity contribution is -0.000803. The lowest BCUT2D eigenvalue weighted by Gasteiger charge is -2.35. The van der Waals surface area contributed by atoms with Gasteiger partial charge in [0.2, 0.25) is 0 Å². The molecule has 0 radical (unpaired) electrons. The molecule has 0 amide bonds. The molecule has 1 aliphatic rings. The molecule has 0 spiro atoms. The number of nitrogens with zero attached hydrogens (tertiary/aromatic N) is 2. The van der Waals surface area contributed by atoms with Crippen molar-refractivity contribution in [3.8, 4) is 0 Å². The van der Waals surface area contributed by atoms with Crippen molar-refractivity contribution >= 4 is 27.4 Å². The van der Waals surface area contributed by atoms with Crippen LogP contribution < -0.4 is 5.32 Å². The third-order valence-corrected chi connectivity index (χ3v) is 5.73. The van der Waals surface area contributed by atoms with Crippen molar-refractivity contribution in [1.29, 1.82) is 0 Å². The third-order valence-electron chi connectivity index (χ3n) is 4.62. The first-order valence-electron chi connectivity index (χ1n) is 7.65. The van der Waals surface area contributed by atoms with E-state index in [9.17, 15) is 5.11 Å². The highest BCUT2D eigenvalue weighted by molar-refractivity contribution is 7.18. The molecule has 2 N–H and O–H groups in total. The molecule has 114 valence electrons. The van der Waals surface area contributed by atoms with E-state index in [4.69, 9.17) is 0 Å².